The number of hydrogen-bond donors (Lipinski definition) is 0. The Kier molecular flexibility index (Phi) is 7.05. The minimum atomic E-state index is -0.0632. The summed E-state index contributed by atoms with van der Waals surface area (Å²) >= 11 is 0. The molecule has 1 fully saturated rings. The molecular formula is C26H29NO4. The summed E-state index contributed by atoms with van der Waals surface area (Å²) in [4.78, 5) is 14.3. The molecule has 4 rings (SSSR count). The van der Waals surface area contributed by atoms with E-state index >= 15 is 0 Å². The molecule has 0 N–H and O–H groups in total. The van der Waals surface area contributed by atoms with E-state index in [0.29, 0.717) is 24.9 Å². The van der Waals surface area contributed by atoms with Crippen LogP contribution in [0.4, 0.5) is 5.88 Å². The van der Waals surface area contributed by atoms with Gasteiger partial charge in [0, 0.05) is 30.8 Å². The Morgan fingerprint density at radius 3 is 2.45 bits per heavy atom. The molecule has 5 heteroatoms. The van der Waals surface area contributed by atoms with E-state index in [0.717, 1.165) is 43.7 Å². The fourth-order valence-corrected chi connectivity index (χ4v) is 3.76. The van der Waals surface area contributed by atoms with Gasteiger partial charge < -0.3 is 18.8 Å². The van der Waals surface area contributed by atoms with Crippen LogP contribution in [0.1, 0.15) is 37.9 Å². The smallest absolute Gasteiger partial charge is 0.200 e. The summed E-state index contributed by atoms with van der Waals surface area (Å²) in [5.74, 6) is 1.96. The first kappa shape index (κ1) is 21.2. The maximum absolute atomic E-state index is 12.3. The van der Waals surface area contributed by atoms with Crippen molar-refractivity contribution in [1.29, 1.82) is 0 Å². The molecule has 5 nitrogen and oxygen atoms in total. The predicted molar refractivity (Wildman–Crippen MR) is 123 cm³/mol. The van der Waals surface area contributed by atoms with Crippen LogP contribution < -0.4 is 15.1 Å². The van der Waals surface area contributed by atoms with Crippen molar-refractivity contribution in [2.75, 3.05) is 31.2 Å². The number of anilines is 1. The van der Waals surface area contributed by atoms with Gasteiger partial charge >= 0.3 is 0 Å². The predicted octanol–water partition coefficient (Wildman–Crippen LogP) is 5.45. The highest BCUT2D eigenvalue weighted by Gasteiger charge is 2.16. The van der Waals surface area contributed by atoms with Gasteiger partial charge in [-0.3, -0.25) is 4.79 Å². The van der Waals surface area contributed by atoms with Crippen LogP contribution in [0.3, 0.4) is 0 Å². The largest absolute Gasteiger partial charge is 0.486 e. The van der Waals surface area contributed by atoms with Crippen LogP contribution in [0.25, 0.3) is 11.3 Å². The SMILES string of the molecule is CCCCC(Oc1ccc(-c2cc(=O)cc(N3CCOCC3)o2)cc1)c1ccccc1. The molecule has 31 heavy (non-hydrogen) atoms. The average Bonchev–Trinajstić information content (AvgIpc) is 2.83. The standard InChI is InChI=1S/C26H29NO4/c1-2-3-9-24(20-7-5-4-6-8-20)30-23-12-10-21(11-13-23)25-18-22(28)19-26(31-25)27-14-16-29-17-15-27/h4-8,10-13,18-19,24H,2-3,9,14-17H2,1H3. The van der Waals surface area contributed by atoms with Crippen molar-refractivity contribution >= 4 is 5.88 Å². The number of hydrogen-bond acceptors (Lipinski definition) is 5. The monoisotopic (exact) mass is 419 g/mol. The highest BCUT2D eigenvalue weighted by atomic mass is 16.5. The first-order valence-corrected chi connectivity index (χ1v) is 11.0. The molecule has 0 spiro atoms. The van der Waals surface area contributed by atoms with Crippen molar-refractivity contribution in [2.24, 2.45) is 0 Å². The van der Waals surface area contributed by atoms with Gasteiger partial charge in [0.25, 0.3) is 0 Å². The molecule has 162 valence electrons. The van der Waals surface area contributed by atoms with Crippen molar-refractivity contribution < 1.29 is 13.9 Å². The Labute approximate surface area is 183 Å². The van der Waals surface area contributed by atoms with E-state index < -0.39 is 0 Å². The Morgan fingerprint density at radius 1 is 1.00 bits per heavy atom. The third-order valence-electron chi connectivity index (χ3n) is 5.48. The Balaban J connectivity index is 1.52. The second-order valence-corrected chi connectivity index (χ2v) is 7.78. The van der Waals surface area contributed by atoms with Crippen molar-refractivity contribution in [2.45, 2.75) is 32.3 Å². The van der Waals surface area contributed by atoms with Crippen molar-refractivity contribution in [3.8, 4) is 17.1 Å². The van der Waals surface area contributed by atoms with E-state index in [-0.39, 0.29) is 11.5 Å². The average molecular weight is 420 g/mol. The summed E-state index contributed by atoms with van der Waals surface area (Å²) in [6.07, 6.45) is 3.23. The van der Waals surface area contributed by atoms with Gasteiger partial charge in [0.2, 0.25) is 0 Å². The topological polar surface area (TPSA) is 51.9 Å². The lowest BCUT2D eigenvalue weighted by molar-refractivity contribution is 0.120. The molecule has 0 bridgehead atoms. The summed E-state index contributed by atoms with van der Waals surface area (Å²) in [6.45, 7) is 4.91. The lowest BCUT2D eigenvalue weighted by Crippen LogP contribution is -2.36. The van der Waals surface area contributed by atoms with Gasteiger partial charge in [-0.1, -0.05) is 43.7 Å². The first-order valence-electron chi connectivity index (χ1n) is 11.0. The summed E-state index contributed by atoms with van der Waals surface area (Å²) in [6, 6.07) is 21.2. The zero-order valence-electron chi connectivity index (χ0n) is 18.0. The molecule has 1 aliphatic rings. The molecule has 1 unspecified atom stereocenters. The van der Waals surface area contributed by atoms with E-state index in [1.165, 1.54) is 11.6 Å². The lowest BCUT2D eigenvalue weighted by atomic mass is 10.0. The molecule has 1 aliphatic heterocycles. The molecule has 2 heterocycles. The molecule has 0 amide bonds. The fourth-order valence-electron chi connectivity index (χ4n) is 3.76. The molecular weight excluding hydrogens is 390 g/mol. The molecule has 2 aromatic carbocycles. The maximum Gasteiger partial charge on any atom is 0.200 e. The summed E-state index contributed by atoms with van der Waals surface area (Å²) in [7, 11) is 0. The minimum absolute atomic E-state index is 0.0228. The highest BCUT2D eigenvalue weighted by Crippen LogP contribution is 2.29. The van der Waals surface area contributed by atoms with Gasteiger partial charge in [-0.05, 0) is 42.7 Å². The van der Waals surface area contributed by atoms with E-state index in [1.807, 2.05) is 47.4 Å². The van der Waals surface area contributed by atoms with Crippen molar-refractivity contribution in [3.05, 3.63) is 82.5 Å². The van der Waals surface area contributed by atoms with Crippen LogP contribution in [-0.4, -0.2) is 26.3 Å². The van der Waals surface area contributed by atoms with E-state index in [1.54, 1.807) is 6.07 Å². The number of rotatable bonds is 8. The van der Waals surface area contributed by atoms with E-state index in [9.17, 15) is 4.79 Å². The highest BCUT2D eigenvalue weighted by molar-refractivity contribution is 5.59. The number of benzene rings is 2. The van der Waals surface area contributed by atoms with Crippen LogP contribution in [0, 0.1) is 0 Å². The maximum atomic E-state index is 12.3. The van der Waals surface area contributed by atoms with Gasteiger partial charge in [0.05, 0.1) is 13.2 Å². The minimum Gasteiger partial charge on any atom is -0.486 e. The molecule has 1 saturated heterocycles. The Hall–Kier alpha value is -3.05. The Bertz CT molecular complexity index is 1010. The van der Waals surface area contributed by atoms with Gasteiger partial charge in [-0.2, -0.15) is 0 Å². The molecule has 1 aromatic heterocycles. The van der Waals surface area contributed by atoms with Gasteiger partial charge in [-0.25, -0.2) is 0 Å². The third-order valence-corrected chi connectivity index (χ3v) is 5.48. The van der Waals surface area contributed by atoms with Crippen molar-refractivity contribution in [3.63, 3.8) is 0 Å². The Morgan fingerprint density at radius 2 is 1.74 bits per heavy atom. The summed E-state index contributed by atoms with van der Waals surface area (Å²) in [5, 5.41) is 0. The lowest BCUT2D eigenvalue weighted by Gasteiger charge is -2.27. The van der Waals surface area contributed by atoms with Crippen molar-refractivity contribution in [1.82, 2.24) is 0 Å². The second-order valence-electron chi connectivity index (χ2n) is 7.78. The van der Waals surface area contributed by atoms with Crippen LogP contribution in [0.5, 0.6) is 5.75 Å². The number of unbranched alkanes of at least 4 members (excludes halogenated alkanes) is 1. The van der Waals surface area contributed by atoms with Gasteiger partial charge in [0.15, 0.2) is 11.3 Å². The quantitative estimate of drug-likeness (QED) is 0.486. The zero-order chi connectivity index (χ0) is 21.5. The van der Waals surface area contributed by atoms with Crippen LogP contribution in [0.15, 0.2) is 75.9 Å². The zero-order valence-corrected chi connectivity index (χ0v) is 18.0. The summed E-state index contributed by atoms with van der Waals surface area (Å²) < 4.78 is 17.8. The van der Waals surface area contributed by atoms with E-state index in [2.05, 4.69) is 19.1 Å². The number of nitrogens with zero attached hydrogens (tertiary/aromatic N) is 1. The van der Waals surface area contributed by atoms with E-state index in [4.69, 9.17) is 13.9 Å². The molecule has 0 aliphatic carbocycles. The number of morpholine rings is 1. The van der Waals surface area contributed by atoms with Crippen LogP contribution in [-0.2, 0) is 4.74 Å². The second kappa shape index (κ2) is 10.3. The van der Waals surface area contributed by atoms with Crippen LogP contribution in [0.2, 0.25) is 0 Å². The first-order chi connectivity index (χ1) is 15.2. The van der Waals surface area contributed by atoms with Gasteiger partial charge in [0.1, 0.15) is 17.6 Å². The molecule has 0 saturated carbocycles. The molecule has 0 radical (unpaired) electrons. The number of ether oxygens (including phenoxy) is 2. The fraction of sp³-hybridized carbons (Fsp3) is 0.346. The van der Waals surface area contributed by atoms with Crippen LogP contribution >= 0.6 is 0 Å². The summed E-state index contributed by atoms with van der Waals surface area (Å²) in [5.41, 5.74) is 1.97. The van der Waals surface area contributed by atoms with Gasteiger partial charge in [-0.15, -0.1) is 0 Å². The molecule has 3 aromatic rings. The third kappa shape index (κ3) is 5.56. The molecule has 1 atom stereocenters. The normalized spacial score (nSPS) is 14.9.